The monoisotopic (exact) mass is 379 g/mol. The van der Waals surface area contributed by atoms with E-state index in [0.29, 0.717) is 6.04 Å². The number of nitrogens with one attached hydrogen (secondary N) is 1. The molecule has 2 aromatic carbocycles. The number of ether oxygens (including phenoxy) is 1. The number of hydrogen-bond acceptors (Lipinski definition) is 2. The number of anilines is 1. The Kier molecular flexibility index (Phi) is 4.15. The molecule has 0 aromatic heterocycles. The van der Waals surface area contributed by atoms with Crippen LogP contribution in [0.2, 0.25) is 0 Å². The Hall–Kier alpha value is -1.23. The summed E-state index contributed by atoms with van der Waals surface area (Å²) in [6.45, 7) is 0. The molecule has 104 valence electrons. The molecule has 3 rings (SSSR count). The molecule has 1 saturated carbocycles. The van der Waals surface area contributed by atoms with Crippen molar-refractivity contribution in [1.29, 1.82) is 0 Å². The minimum absolute atomic E-state index is 0.402. The summed E-state index contributed by atoms with van der Waals surface area (Å²) in [5.41, 5.74) is 2.54. The van der Waals surface area contributed by atoms with Crippen LogP contribution in [-0.4, -0.2) is 7.11 Å². The molecule has 0 spiro atoms. The molecule has 1 aliphatic carbocycles. The lowest BCUT2D eigenvalue weighted by Crippen LogP contribution is -2.12. The van der Waals surface area contributed by atoms with Crippen LogP contribution in [0.15, 0.2) is 48.5 Å². The van der Waals surface area contributed by atoms with Crippen molar-refractivity contribution in [1.82, 2.24) is 0 Å². The summed E-state index contributed by atoms with van der Waals surface area (Å²) < 4.78 is 6.50. The maximum atomic E-state index is 5.24. The van der Waals surface area contributed by atoms with Crippen LogP contribution in [-0.2, 0) is 0 Å². The van der Waals surface area contributed by atoms with Gasteiger partial charge in [0.15, 0.2) is 0 Å². The quantitative estimate of drug-likeness (QED) is 0.749. The minimum Gasteiger partial charge on any atom is -0.497 e. The highest BCUT2D eigenvalue weighted by atomic mass is 127. The Labute approximate surface area is 133 Å². The highest BCUT2D eigenvalue weighted by Crippen LogP contribution is 2.43. The molecule has 2 aromatic rings. The number of methoxy groups -OCH3 is 1. The smallest absolute Gasteiger partial charge is 0.118 e. The van der Waals surface area contributed by atoms with Gasteiger partial charge in [0.05, 0.1) is 13.2 Å². The predicted octanol–water partition coefficient (Wildman–Crippen LogP) is 4.86. The highest BCUT2D eigenvalue weighted by Gasteiger charge is 2.32. The van der Waals surface area contributed by atoms with Crippen molar-refractivity contribution < 1.29 is 4.74 Å². The molecule has 1 N–H and O–H groups in total. The zero-order valence-corrected chi connectivity index (χ0v) is 13.6. The van der Waals surface area contributed by atoms with Gasteiger partial charge in [0.2, 0.25) is 0 Å². The molecule has 20 heavy (non-hydrogen) atoms. The van der Waals surface area contributed by atoms with Gasteiger partial charge in [-0.2, -0.15) is 0 Å². The van der Waals surface area contributed by atoms with E-state index in [1.165, 1.54) is 27.7 Å². The van der Waals surface area contributed by atoms with Gasteiger partial charge in [0.1, 0.15) is 5.75 Å². The number of benzene rings is 2. The predicted molar refractivity (Wildman–Crippen MR) is 91.2 cm³/mol. The average molecular weight is 379 g/mol. The molecule has 0 amide bonds. The summed E-state index contributed by atoms with van der Waals surface area (Å²) in [4.78, 5) is 0. The normalized spacial score (nSPS) is 15.7. The SMILES string of the molecule is COc1ccc(C(Nc2cccc(I)c2)C2CC2)cc1. The zero-order chi connectivity index (χ0) is 13.9. The maximum Gasteiger partial charge on any atom is 0.118 e. The van der Waals surface area contributed by atoms with Crippen LogP contribution in [0.25, 0.3) is 0 Å². The third-order valence-corrected chi connectivity index (χ3v) is 4.39. The van der Waals surface area contributed by atoms with Crippen LogP contribution in [0.3, 0.4) is 0 Å². The van der Waals surface area contributed by atoms with E-state index >= 15 is 0 Å². The van der Waals surface area contributed by atoms with Gasteiger partial charge in [-0.05, 0) is 77.2 Å². The van der Waals surface area contributed by atoms with Crippen LogP contribution < -0.4 is 10.1 Å². The van der Waals surface area contributed by atoms with E-state index in [-0.39, 0.29) is 0 Å². The molecular weight excluding hydrogens is 361 g/mol. The summed E-state index contributed by atoms with van der Waals surface area (Å²) in [6, 6.07) is 17.4. The van der Waals surface area contributed by atoms with Gasteiger partial charge in [-0.15, -0.1) is 0 Å². The lowest BCUT2D eigenvalue weighted by molar-refractivity contribution is 0.414. The van der Waals surface area contributed by atoms with Crippen molar-refractivity contribution in [2.75, 3.05) is 12.4 Å². The Balaban J connectivity index is 1.81. The van der Waals surface area contributed by atoms with E-state index in [4.69, 9.17) is 4.74 Å². The Morgan fingerprint density at radius 3 is 2.50 bits per heavy atom. The molecule has 3 heteroatoms. The fourth-order valence-electron chi connectivity index (χ4n) is 2.47. The van der Waals surface area contributed by atoms with Gasteiger partial charge >= 0.3 is 0 Å². The van der Waals surface area contributed by atoms with E-state index in [1.54, 1.807) is 7.11 Å². The van der Waals surface area contributed by atoms with Crippen molar-refractivity contribution in [3.05, 3.63) is 57.7 Å². The molecule has 1 aliphatic rings. The van der Waals surface area contributed by atoms with E-state index < -0.39 is 0 Å². The standard InChI is InChI=1S/C17H18INO/c1-20-16-9-7-13(8-10-16)17(12-5-6-12)19-15-4-2-3-14(18)11-15/h2-4,7-12,17,19H,5-6H2,1H3. The fourth-order valence-corrected chi connectivity index (χ4v) is 3.02. The van der Waals surface area contributed by atoms with E-state index in [2.05, 4.69) is 64.3 Å². The second kappa shape index (κ2) is 6.04. The molecule has 0 aliphatic heterocycles. The summed E-state index contributed by atoms with van der Waals surface area (Å²) >= 11 is 2.35. The highest BCUT2D eigenvalue weighted by molar-refractivity contribution is 14.1. The lowest BCUT2D eigenvalue weighted by atomic mass is 10.0. The van der Waals surface area contributed by atoms with E-state index in [0.717, 1.165) is 11.7 Å². The fraction of sp³-hybridized carbons (Fsp3) is 0.294. The Morgan fingerprint density at radius 2 is 1.90 bits per heavy atom. The molecule has 0 radical (unpaired) electrons. The molecule has 1 atom stereocenters. The first-order chi connectivity index (χ1) is 9.76. The third-order valence-electron chi connectivity index (χ3n) is 3.72. The van der Waals surface area contributed by atoms with Gasteiger partial charge in [0, 0.05) is 9.26 Å². The van der Waals surface area contributed by atoms with Gasteiger partial charge in [-0.1, -0.05) is 18.2 Å². The zero-order valence-electron chi connectivity index (χ0n) is 11.5. The number of hydrogen-bond donors (Lipinski definition) is 1. The maximum absolute atomic E-state index is 5.24. The van der Waals surface area contributed by atoms with Crippen molar-refractivity contribution in [2.24, 2.45) is 5.92 Å². The summed E-state index contributed by atoms with van der Waals surface area (Å²) in [5, 5.41) is 3.69. The van der Waals surface area contributed by atoms with Crippen molar-refractivity contribution >= 4 is 28.3 Å². The van der Waals surface area contributed by atoms with Crippen LogP contribution in [0.1, 0.15) is 24.4 Å². The first-order valence-electron chi connectivity index (χ1n) is 6.92. The van der Waals surface area contributed by atoms with E-state index in [9.17, 15) is 0 Å². The molecule has 0 saturated heterocycles. The van der Waals surface area contributed by atoms with E-state index in [1.807, 2.05) is 12.1 Å². The second-order valence-corrected chi connectivity index (χ2v) is 6.49. The molecule has 0 bridgehead atoms. The largest absolute Gasteiger partial charge is 0.497 e. The molecule has 1 fully saturated rings. The van der Waals surface area contributed by atoms with Gasteiger partial charge in [-0.3, -0.25) is 0 Å². The first-order valence-corrected chi connectivity index (χ1v) is 8.00. The van der Waals surface area contributed by atoms with Gasteiger partial charge < -0.3 is 10.1 Å². The molecule has 0 heterocycles. The Bertz CT molecular complexity index is 578. The van der Waals surface area contributed by atoms with Crippen LogP contribution in [0, 0.1) is 9.49 Å². The van der Waals surface area contributed by atoms with Crippen LogP contribution >= 0.6 is 22.6 Å². The summed E-state index contributed by atoms with van der Waals surface area (Å²) in [5.74, 6) is 1.67. The second-order valence-electron chi connectivity index (χ2n) is 5.24. The third kappa shape index (κ3) is 3.26. The topological polar surface area (TPSA) is 21.3 Å². The number of rotatable bonds is 5. The number of halogens is 1. The Morgan fingerprint density at radius 1 is 1.15 bits per heavy atom. The first kappa shape index (κ1) is 13.7. The lowest BCUT2D eigenvalue weighted by Gasteiger charge is -2.20. The molecule has 1 unspecified atom stereocenters. The summed E-state index contributed by atoms with van der Waals surface area (Å²) in [7, 11) is 1.71. The molecular formula is C17H18INO. The van der Waals surface area contributed by atoms with Crippen molar-refractivity contribution in [3.63, 3.8) is 0 Å². The van der Waals surface area contributed by atoms with Gasteiger partial charge in [0.25, 0.3) is 0 Å². The average Bonchev–Trinajstić information content (AvgIpc) is 3.30. The van der Waals surface area contributed by atoms with Crippen molar-refractivity contribution in [2.45, 2.75) is 18.9 Å². The minimum atomic E-state index is 0.402. The van der Waals surface area contributed by atoms with Crippen LogP contribution in [0.4, 0.5) is 5.69 Å². The summed E-state index contributed by atoms with van der Waals surface area (Å²) in [6.07, 6.45) is 2.63. The molecule has 2 nitrogen and oxygen atoms in total. The van der Waals surface area contributed by atoms with Crippen molar-refractivity contribution in [3.8, 4) is 5.75 Å². The van der Waals surface area contributed by atoms with Crippen LogP contribution in [0.5, 0.6) is 5.75 Å². The van der Waals surface area contributed by atoms with Gasteiger partial charge in [-0.25, -0.2) is 0 Å².